The van der Waals surface area contributed by atoms with Crippen LogP contribution in [0.4, 0.5) is 0 Å². The van der Waals surface area contributed by atoms with Crippen LogP contribution in [0.3, 0.4) is 0 Å². The van der Waals surface area contributed by atoms with Crippen molar-refractivity contribution in [1.82, 2.24) is 15.2 Å². The number of para-hydroxylation sites is 1. The monoisotopic (exact) mass is 385 g/mol. The number of hydrogen-bond donors (Lipinski definition) is 3. The number of carbonyl (C=O) groups is 3. The smallest absolute Gasteiger partial charge is 0.303 e. The van der Waals surface area contributed by atoms with E-state index in [9.17, 15) is 19.2 Å². The van der Waals surface area contributed by atoms with E-state index in [1.165, 1.54) is 6.20 Å². The SMILES string of the molecule is O=C(O)CCC1CCCN(C(=O)CNC(=O)c2c[nH]c3ccccc3c2=O)C1. The third-order valence-corrected chi connectivity index (χ3v) is 5.07. The Hall–Kier alpha value is -3.16. The number of rotatable bonds is 6. The molecule has 0 radical (unpaired) electrons. The number of carbonyl (C=O) groups excluding carboxylic acids is 2. The lowest BCUT2D eigenvalue weighted by Crippen LogP contribution is -2.45. The van der Waals surface area contributed by atoms with Gasteiger partial charge in [-0.25, -0.2) is 0 Å². The molecule has 2 heterocycles. The number of aliphatic carboxylic acids is 1. The van der Waals surface area contributed by atoms with E-state index in [0.29, 0.717) is 30.4 Å². The summed E-state index contributed by atoms with van der Waals surface area (Å²) in [6, 6.07) is 6.90. The number of carboxylic acid groups (broad SMARTS) is 1. The zero-order valence-corrected chi connectivity index (χ0v) is 15.4. The van der Waals surface area contributed by atoms with E-state index in [0.717, 1.165) is 12.8 Å². The van der Waals surface area contributed by atoms with Gasteiger partial charge in [-0.1, -0.05) is 12.1 Å². The number of fused-ring (bicyclic) bond motifs is 1. The van der Waals surface area contributed by atoms with Crippen LogP contribution in [0.15, 0.2) is 35.3 Å². The summed E-state index contributed by atoms with van der Waals surface area (Å²) in [7, 11) is 0. The molecule has 0 bridgehead atoms. The molecule has 1 aliphatic rings. The van der Waals surface area contributed by atoms with Gasteiger partial charge in [-0.15, -0.1) is 0 Å². The molecule has 0 spiro atoms. The molecule has 1 aromatic heterocycles. The molecule has 3 N–H and O–H groups in total. The van der Waals surface area contributed by atoms with Crippen molar-refractivity contribution in [3.63, 3.8) is 0 Å². The van der Waals surface area contributed by atoms with Gasteiger partial charge in [0.2, 0.25) is 11.3 Å². The van der Waals surface area contributed by atoms with Crippen LogP contribution >= 0.6 is 0 Å². The highest BCUT2D eigenvalue weighted by Gasteiger charge is 2.24. The van der Waals surface area contributed by atoms with E-state index in [1.54, 1.807) is 29.2 Å². The predicted molar refractivity (Wildman–Crippen MR) is 103 cm³/mol. The van der Waals surface area contributed by atoms with E-state index in [-0.39, 0.29) is 35.8 Å². The lowest BCUT2D eigenvalue weighted by Gasteiger charge is -2.32. The van der Waals surface area contributed by atoms with Gasteiger partial charge in [-0.2, -0.15) is 0 Å². The average molecular weight is 385 g/mol. The molecule has 1 aromatic carbocycles. The van der Waals surface area contributed by atoms with Gasteiger partial charge in [-0.05, 0) is 37.3 Å². The summed E-state index contributed by atoms with van der Waals surface area (Å²) in [6.07, 6.45) is 3.70. The molecule has 1 saturated heterocycles. The molecule has 28 heavy (non-hydrogen) atoms. The summed E-state index contributed by atoms with van der Waals surface area (Å²) in [6.45, 7) is 0.893. The van der Waals surface area contributed by atoms with Gasteiger partial charge in [0.15, 0.2) is 0 Å². The van der Waals surface area contributed by atoms with Gasteiger partial charge in [-0.3, -0.25) is 19.2 Å². The summed E-state index contributed by atoms with van der Waals surface area (Å²) in [5, 5.41) is 11.7. The Morgan fingerprint density at radius 1 is 1.25 bits per heavy atom. The van der Waals surface area contributed by atoms with Crippen LogP contribution in [0.5, 0.6) is 0 Å². The second kappa shape index (κ2) is 8.69. The normalized spacial score (nSPS) is 16.7. The number of hydrogen-bond acceptors (Lipinski definition) is 4. The zero-order chi connectivity index (χ0) is 20.1. The Bertz CT molecular complexity index is 952. The Morgan fingerprint density at radius 2 is 2.04 bits per heavy atom. The van der Waals surface area contributed by atoms with E-state index < -0.39 is 11.9 Å². The fraction of sp³-hybridized carbons (Fsp3) is 0.400. The van der Waals surface area contributed by atoms with Crippen LogP contribution in [0, 0.1) is 5.92 Å². The molecule has 1 unspecified atom stereocenters. The molecular weight excluding hydrogens is 362 g/mol. The molecule has 2 amide bonds. The van der Waals surface area contributed by atoms with E-state index in [2.05, 4.69) is 10.3 Å². The highest BCUT2D eigenvalue weighted by Crippen LogP contribution is 2.21. The van der Waals surface area contributed by atoms with Crippen molar-refractivity contribution in [1.29, 1.82) is 0 Å². The van der Waals surface area contributed by atoms with E-state index in [1.807, 2.05) is 0 Å². The number of nitrogens with one attached hydrogen (secondary N) is 2. The van der Waals surface area contributed by atoms with Crippen molar-refractivity contribution in [2.75, 3.05) is 19.6 Å². The number of nitrogens with zero attached hydrogens (tertiary/aromatic N) is 1. The summed E-state index contributed by atoms with van der Waals surface area (Å²) in [5.74, 6) is -1.51. The quantitative estimate of drug-likeness (QED) is 0.694. The molecule has 3 rings (SSSR count). The Balaban J connectivity index is 1.58. The highest BCUT2D eigenvalue weighted by molar-refractivity contribution is 5.98. The van der Waals surface area contributed by atoms with Gasteiger partial charge in [0.05, 0.1) is 6.54 Å². The maximum absolute atomic E-state index is 12.5. The number of likely N-dealkylation sites (tertiary alicyclic amines) is 1. The first-order chi connectivity index (χ1) is 13.5. The van der Waals surface area contributed by atoms with Crippen LogP contribution < -0.4 is 10.7 Å². The van der Waals surface area contributed by atoms with Gasteiger partial charge < -0.3 is 20.3 Å². The number of pyridine rings is 1. The molecule has 148 valence electrons. The van der Waals surface area contributed by atoms with Crippen LogP contribution in [0.2, 0.25) is 0 Å². The summed E-state index contributed by atoms with van der Waals surface area (Å²) in [5.41, 5.74) is 0.219. The molecule has 1 aliphatic heterocycles. The molecule has 0 saturated carbocycles. The molecule has 2 aromatic rings. The van der Waals surface area contributed by atoms with E-state index >= 15 is 0 Å². The molecule has 0 aliphatic carbocycles. The lowest BCUT2D eigenvalue weighted by molar-refractivity contribution is -0.137. The molecule has 1 atom stereocenters. The fourth-order valence-electron chi connectivity index (χ4n) is 3.55. The average Bonchev–Trinajstić information content (AvgIpc) is 2.71. The summed E-state index contributed by atoms with van der Waals surface area (Å²) < 4.78 is 0. The van der Waals surface area contributed by atoms with Crippen LogP contribution in [-0.4, -0.2) is 52.4 Å². The first-order valence-corrected chi connectivity index (χ1v) is 9.34. The number of carboxylic acids is 1. The minimum atomic E-state index is -0.837. The maximum atomic E-state index is 12.5. The number of aromatic amines is 1. The minimum Gasteiger partial charge on any atom is -0.481 e. The zero-order valence-electron chi connectivity index (χ0n) is 15.4. The predicted octanol–water partition coefficient (Wildman–Crippen LogP) is 1.36. The van der Waals surface area contributed by atoms with Crippen molar-refractivity contribution < 1.29 is 19.5 Å². The first kappa shape index (κ1) is 19.6. The van der Waals surface area contributed by atoms with Gasteiger partial charge in [0.1, 0.15) is 5.56 Å². The minimum absolute atomic E-state index is 0.0375. The third-order valence-electron chi connectivity index (χ3n) is 5.07. The summed E-state index contributed by atoms with van der Waals surface area (Å²) in [4.78, 5) is 52.6. The molecule has 1 fully saturated rings. The Kier molecular flexibility index (Phi) is 6.08. The largest absolute Gasteiger partial charge is 0.481 e. The van der Waals surface area contributed by atoms with Crippen molar-refractivity contribution in [2.24, 2.45) is 5.92 Å². The highest BCUT2D eigenvalue weighted by atomic mass is 16.4. The van der Waals surface area contributed by atoms with Crippen LogP contribution in [0.1, 0.15) is 36.0 Å². The number of benzene rings is 1. The lowest BCUT2D eigenvalue weighted by atomic mass is 9.93. The fourth-order valence-corrected chi connectivity index (χ4v) is 3.55. The van der Waals surface area contributed by atoms with Gasteiger partial charge in [0, 0.05) is 36.6 Å². The van der Waals surface area contributed by atoms with Gasteiger partial charge >= 0.3 is 5.97 Å². The van der Waals surface area contributed by atoms with Crippen molar-refractivity contribution in [3.8, 4) is 0 Å². The number of aromatic nitrogens is 1. The molecule has 8 heteroatoms. The third kappa shape index (κ3) is 4.57. The standard InChI is InChI=1S/C20H23N3O5/c24-17(23-9-3-4-13(12-23)7-8-18(25)26)11-22-20(28)15-10-21-16-6-2-1-5-14(16)19(15)27/h1-2,5-6,10,13H,3-4,7-9,11-12H2,(H,21,27)(H,22,28)(H,25,26). The number of piperidine rings is 1. The summed E-state index contributed by atoms with van der Waals surface area (Å²) >= 11 is 0. The van der Waals surface area contributed by atoms with Crippen LogP contribution in [0.25, 0.3) is 10.9 Å². The van der Waals surface area contributed by atoms with Gasteiger partial charge in [0.25, 0.3) is 5.91 Å². The van der Waals surface area contributed by atoms with E-state index in [4.69, 9.17) is 5.11 Å². The molecular formula is C20H23N3O5. The Labute approximate surface area is 161 Å². The van der Waals surface area contributed by atoms with Crippen LogP contribution in [-0.2, 0) is 9.59 Å². The Morgan fingerprint density at radius 3 is 2.82 bits per heavy atom. The topological polar surface area (TPSA) is 120 Å². The second-order valence-electron chi connectivity index (χ2n) is 7.04. The van der Waals surface area contributed by atoms with Crippen molar-refractivity contribution >= 4 is 28.7 Å². The molecule has 8 nitrogen and oxygen atoms in total. The number of H-pyrrole nitrogens is 1. The van der Waals surface area contributed by atoms with Crippen molar-refractivity contribution in [3.05, 3.63) is 46.2 Å². The second-order valence-corrected chi connectivity index (χ2v) is 7.04. The maximum Gasteiger partial charge on any atom is 0.303 e. The number of amides is 2. The van der Waals surface area contributed by atoms with Crippen molar-refractivity contribution in [2.45, 2.75) is 25.7 Å². The first-order valence-electron chi connectivity index (χ1n) is 9.34.